The molecule has 0 saturated heterocycles. The Morgan fingerprint density at radius 2 is 1.64 bits per heavy atom. The van der Waals surface area contributed by atoms with Crippen molar-refractivity contribution >= 4 is 5.97 Å². The first-order valence-electron chi connectivity index (χ1n) is 9.27. The third-order valence-corrected chi connectivity index (χ3v) is 4.71. The second-order valence-corrected chi connectivity index (χ2v) is 7.38. The average molecular weight is 343 g/mol. The molecule has 0 saturated carbocycles. The fourth-order valence-electron chi connectivity index (χ4n) is 3.50. The number of hydrogen-bond donors (Lipinski definition) is 0. The lowest BCUT2D eigenvalue weighted by molar-refractivity contribution is -0.143. The number of rotatable bonds is 8. The quantitative estimate of drug-likeness (QED) is 0.472. The topological polar surface area (TPSA) is 26.3 Å². The summed E-state index contributed by atoms with van der Waals surface area (Å²) in [6.45, 7) is 19.3. The molecule has 1 aliphatic rings. The first kappa shape index (κ1) is 21.2. The first-order chi connectivity index (χ1) is 11.7. The predicted molar refractivity (Wildman–Crippen MR) is 107 cm³/mol. The van der Waals surface area contributed by atoms with Crippen molar-refractivity contribution in [2.75, 3.05) is 6.61 Å². The number of carbonyl (C=O) groups excluding carboxylic acids is 1. The summed E-state index contributed by atoms with van der Waals surface area (Å²) in [6.07, 6.45) is 8.69. The number of carbonyl (C=O) groups is 1. The van der Waals surface area contributed by atoms with Crippen molar-refractivity contribution < 1.29 is 9.53 Å². The third kappa shape index (κ3) is 4.84. The maximum absolute atomic E-state index is 11.6. The number of allylic oxidation sites excluding steroid dienone is 9. The summed E-state index contributed by atoms with van der Waals surface area (Å²) in [6, 6.07) is 0. The minimum absolute atomic E-state index is 0.137. The molecule has 0 aromatic heterocycles. The smallest absolute Gasteiger partial charge is 0.305 e. The van der Waals surface area contributed by atoms with E-state index >= 15 is 0 Å². The Balaban J connectivity index is 3.46. The second kappa shape index (κ2) is 9.03. The molecule has 0 fully saturated rings. The Kier molecular flexibility index (Phi) is 7.66. The predicted octanol–water partition coefficient (Wildman–Crippen LogP) is 6.47. The zero-order valence-electron chi connectivity index (χ0n) is 17.1. The molecular formula is C23H34O2. The molecule has 0 spiro atoms. The molecule has 2 nitrogen and oxygen atoms in total. The van der Waals surface area contributed by atoms with Crippen LogP contribution in [0.1, 0.15) is 67.7 Å². The monoisotopic (exact) mass is 342 g/mol. The number of hydrogen-bond acceptors (Lipinski definition) is 2. The van der Waals surface area contributed by atoms with Crippen LogP contribution in [0.5, 0.6) is 0 Å². The van der Waals surface area contributed by atoms with Crippen LogP contribution >= 0.6 is 0 Å². The first-order valence-corrected chi connectivity index (χ1v) is 9.27. The van der Waals surface area contributed by atoms with Gasteiger partial charge in [-0.15, -0.1) is 0 Å². The lowest BCUT2D eigenvalue weighted by atomic mass is 9.74. The van der Waals surface area contributed by atoms with Crippen LogP contribution in [-0.4, -0.2) is 12.6 Å². The molecule has 0 aliphatic heterocycles. The van der Waals surface area contributed by atoms with Crippen molar-refractivity contribution in [2.45, 2.75) is 67.7 Å². The van der Waals surface area contributed by atoms with Gasteiger partial charge >= 0.3 is 5.97 Å². The lowest BCUT2D eigenvalue weighted by Crippen LogP contribution is -2.22. The van der Waals surface area contributed by atoms with Crippen molar-refractivity contribution in [2.24, 2.45) is 5.41 Å². The highest BCUT2D eigenvalue weighted by atomic mass is 16.5. The van der Waals surface area contributed by atoms with Crippen molar-refractivity contribution in [1.82, 2.24) is 0 Å². The van der Waals surface area contributed by atoms with E-state index in [0.29, 0.717) is 13.0 Å². The molecule has 0 aromatic rings. The molecule has 138 valence electrons. The highest BCUT2D eigenvalue weighted by Gasteiger charge is 2.40. The fourth-order valence-corrected chi connectivity index (χ4v) is 3.50. The van der Waals surface area contributed by atoms with Crippen molar-refractivity contribution in [3.8, 4) is 0 Å². The minimum atomic E-state index is -0.169. The number of ether oxygens (including phenoxy) is 1. The lowest BCUT2D eigenvalue weighted by Gasteiger charge is -2.30. The molecule has 1 atom stereocenters. The average Bonchev–Trinajstić information content (AvgIpc) is 2.75. The molecule has 0 N–H and O–H groups in total. The maximum Gasteiger partial charge on any atom is 0.305 e. The van der Waals surface area contributed by atoms with Crippen LogP contribution in [0.4, 0.5) is 0 Å². The zero-order chi connectivity index (χ0) is 19.2. The van der Waals surface area contributed by atoms with Gasteiger partial charge < -0.3 is 4.74 Å². The Morgan fingerprint density at radius 1 is 1.08 bits per heavy atom. The van der Waals surface area contributed by atoms with E-state index in [1.165, 1.54) is 33.4 Å². The van der Waals surface area contributed by atoms with Gasteiger partial charge in [-0.25, -0.2) is 0 Å². The van der Waals surface area contributed by atoms with Crippen LogP contribution in [-0.2, 0) is 9.53 Å². The standard InChI is InChI=1S/C23H34O2/c1-9-18-19(10-2)21(15-17(6)7)23(8,20(18)14-16(4)5)12-13-25-22(24)11-3/h9,14-15H,1,10-13H2,2-8H3. The minimum Gasteiger partial charge on any atom is -0.466 e. The number of esters is 1. The van der Waals surface area contributed by atoms with Crippen LogP contribution in [0.15, 0.2) is 58.2 Å². The van der Waals surface area contributed by atoms with Gasteiger partial charge in [0.2, 0.25) is 0 Å². The van der Waals surface area contributed by atoms with Gasteiger partial charge in [-0.2, -0.15) is 0 Å². The van der Waals surface area contributed by atoms with E-state index in [2.05, 4.69) is 60.3 Å². The Bertz CT molecular complexity index is 648. The Morgan fingerprint density at radius 3 is 2.08 bits per heavy atom. The highest BCUT2D eigenvalue weighted by Crippen LogP contribution is 2.52. The van der Waals surface area contributed by atoms with Crippen LogP contribution in [0.3, 0.4) is 0 Å². The normalized spacial score (nSPS) is 19.8. The summed E-state index contributed by atoms with van der Waals surface area (Å²) < 4.78 is 5.41. The Labute approximate surface area is 154 Å². The van der Waals surface area contributed by atoms with Crippen LogP contribution in [0.25, 0.3) is 0 Å². The van der Waals surface area contributed by atoms with Gasteiger partial charge in [0, 0.05) is 11.8 Å². The zero-order valence-corrected chi connectivity index (χ0v) is 17.1. The molecule has 0 heterocycles. The maximum atomic E-state index is 11.6. The summed E-state index contributed by atoms with van der Waals surface area (Å²) in [4.78, 5) is 11.6. The molecule has 1 rings (SSSR count). The van der Waals surface area contributed by atoms with Gasteiger partial charge in [0.05, 0.1) is 6.61 Å². The molecule has 25 heavy (non-hydrogen) atoms. The molecule has 2 heteroatoms. The van der Waals surface area contributed by atoms with E-state index in [0.717, 1.165) is 12.8 Å². The van der Waals surface area contributed by atoms with E-state index in [-0.39, 0.29) is 11.4 Å². The van der Waals surface area contributed by atoms with Gasteiger partial charge in [0.15, 0.2) is 0 Å². The highest BCUT2D eigenvalue weighted by molar-refractivity contribution is 5.69. The molecule has 1 unspecified atom stereocenters. The molecular weight excluding hydrogens is 308 g/mol. The van der Waals surface area contributed by atoms with E-state index in [1.807, 2.05) is 13.0 Å². The second-order valence-electron chi connectivity index (χ2n) is 7.38. The third-order valence-electron chi connectivity index (χ3n) is 4.71. The Hall–Kier alpha value is -1.83. The van der Waals surface area contributed by atoms with Crippen molar-refractivity contribution in [3.05, 3.63) is 58.2 Å². The van der Waals surface area contributed by atoms with Gasteiger partial charge in [-0.1, -0.05) is 56.7 Å². The van der Waals surface area contributed by atoms with Crippen molar-refractivity contribution in [1.29, 1.82) is 0 Å². The largest absolute Gasteiger partial charge is 0.466 e. The SMILES string of the molecule is C=CC1=C(C=C(C)C)C(C)(CCOC(=O)CC)C(C=C(C)C)=C1CC. The van der Waals surface area contributed by atoms with Crippen LogP contribution in [0.2, 0.25) is 0 Å². The van der Waals surface area contributed by atoms with Crippen molar-refractivity contribution in [3.63, 3.8) is 0 Å². The summed E-state index contributed by atoms with van der Waals surface area (Å²) in [7, 11) is 0. The van der Waals surface area contributed by atoms with Gasteiger partial charge in [-0.05, 0) is 62.8 Å². The van der Waals surface area contributed by atoms with E-state index in [1.54, 1.807) is 0 Å². The molecule has 0 aromatic carbocycles. The molecule has 0 radical (unpaired) electrons. The summed E-state index contributed by atoms with van der Waals surface area (Å²) in [5.41, 5.74) is 7.59. The fraction of sp³-hybridized carbons (Fsp3) is 0.522. The van der Waals surface area contributed by atoms with E-state index < -0.39 is 0 Å². The van der Waals surface area contributed by atoms with E-state index in [4.69, 9.17) is 4.74 Å². The molecule has 0 amide bonds. The molecule has 1 aliphatic carbocycles. The van der Waals surface area contributed by atoms with Gasteiger partial charge in [-0.3, -0.25) is 4.79 Å². The van der Waals surface area contributed by atoms with Gasteiger partial charge in [0.25, 0.3) is 0 Å². The van der Waals surface area contributed by atoms with Crippen LogP contribution < -0.4 is 0 Å². The summed E-state index contributed by atoms with van der Waals surface area (Å²) in [5, 5.41) is 0. The van der Waals surface area contributed by atoms with Crippen LogP contribution in [0, 0.1) is 5.41 Å². The van der Waals surface area contributed by atoms with E-state index in [9.17, 15) is 4.79 Å². The molecule has 0 bridgehead atoms. The summed E-state index contributed by atoms with van der Waals surface area (Å²) >= 11 is 0. The van der Waals surface area contributed by atoms with Gasteiger partial charge in [0.1, 0.15) is 0 Å². The summed E-state index contributed by atoms with van der Waals surface area (Å²) in [5.74, 6) is -0.137.